The fourth-order valence-corrected chi connectivity index (χ4v) is 2.32. The molecule has 1 aliphatic carbocycles. The standard InChI is InChI=1S/C14H15ClN2O2/c15-11-1-3-12(4-2-11)17(9-13(18)19)10-14(5-6-14)7-8-16/h1-4H,5-7,9-10H2,(H,18,19). The van der Waals surface area contributed by atoms with Crippen molar-refractivity contribution in [1.29, 1.82) is 5.26 Å². The predicted molar refractivity (Wildman–Crippen MR) is 73.2 cm³/mol. The molecule has 1 aromatic rings. The van der Waals surface area contributed by atoms with Crippen LogP contribution in [0.15, 0.2) is 24.3 Å². The van der Waals surface area contributed by atoms with Gasteiger partial charge in [0.15, 0.2) is 0 Å². The number of nitrogens with zero attached hydrogens (tertiary/aromatic N) is 2. The number of aliphatic carboxylic acids is 1. The lowest BCUT2D eigenvalue weighted by molar-refractivity contribution is -0.135. The van der Waals surface area contributed by atoms with E-state index in [-0.39, 0.29) is 12.0 Å². The molecule has 1 aliphatic rings. The van der Waals surface area contributed by atoms with Crippen LogP contribution < -0.4 is 4.90 Å². The molecule has 0 atom stereocenters. The van der Waals surface area contributed by atoms with E-state index in [1.807, 2.05) is 17.0 Å². The van der Waals surface area contributed by atoms with Crippen molar-refractivity contribution in [3.63, 3.8) is 0 Å². The Morgan fingerprint density at radius 3 is 2.53 bits per heavy atom. The average Bonchev–Trinajstić information content (AvgIpc) is 3.09. The molecule has 1 fully saturated rings. The number of benzene rings is 1. The summed E-state index contributed by atoms with van der Waals surface area (Å²) in [4.78, 5) is 12.8. The molecule has 0 bridgehead atoms. The second-order valence-corrected chi connectivity index (χ2v) is 5.50. The van der Waals surface area contributed by atoms with Gasteiger partial charge in [0.2, 0.25) is 0 Å². The molecule has 100 valence electrons. The van der Waals surface area contributed by atoms with E-state index >= 15 is 0 Å². The molecule has 1 saturated carbocycles. The van der Waals surface area contributed by atoms with E-state index in [1.54, 1.807) is 12.1 Å². The van der Waals surface area contributed by atoms with Crippen LogP contribution in [-0.4, -0.2) is 24.2 Å². The summed E-state index contributed by atoms with van der Waals surface area (Å²) < 4.78 is 0. The maximum atomic E-state index is 11.0. The fourth-order valence-electron chi connectivity index (χ4n) is 2.19. The molecule has 0 saturated heterocycles. The van der Waals surface area contributed by atoms with Crippen LogP contribution in [-0.2, 0) is 4.79 Å². The topological polar surface area (TPSA) is 64.3 Å². The number of hydrogen-bond donors (Lipinski definition) is 1. The minimum absolute atomic E-state index is 0.0240. The van der Waals surface area contributed by atoms with Crippen molar-refractivity contribution in [2.75, 3.05) is 18.0 Å². The third kappa shape index (κ3) is 3.62. The van der Waals surface area contributed by atoms with Crippen LogP contribution >= 0.6 is 11.6 Å². The Morgan fingerprint density at radius 2 is 2.05 bits per heavy atom. The minimum atomic E-state index is -0.872. The van der Waals surface area contributed by atoms with Crippen LogP contribution in [0.4, 0.5) is 5.69 Å². The molecule has 5 heteroatoms. The van der Waals surface area contributed by atoms with Gasteiger partial charge in [-0.2, -0.15) is 5.26 Å². The van der Waals surface area contributed by atoms with Gasteiger partial charge in [0, 0.05) is 29.1 Å². The van der Waals surface area contributed by atoms with E-state index in [9.17, 15) is 4.79 Å². The number of carboxylic acids is 1. The van der Waals surface area contributed by atoms with E-state index in [4.69, 9.17) is 22.0 Å². The zero-order valence-corrected chi connectivity index (χ0v) is 11.2. The number of rotatable bonds is 6. The molecule has 2 rings (SSSR count). The third-order valence-corrected chi connectivity index (χ3v) is 3.71. The number of carbonyl (C=O) groups is 1. The number of hydrogen-bond acceptors (Lipinski definition) is 3. The van der Waals surface area contributed by atoms with E-state index in [2.05, 4.69) is 6.07 Å². The molecule has 1 aromatic carbocycles. The predicted octanol–water partition coefficient (Wildman–Crippen LogP) is 2.92. The highest BCUT2D eigenvalue weighted by molar-refractivity contribution is 6.30. The van der Waals surface area contributed by atoms with Crippen LogP contribution in [0, 0.1) is 16.7 Å². The van der Waals surface area contributed by atoms with Crippen LogP contribution in [0.1, 0.15) is 19.3 Å². The first-order valence-electron chi connectivity index (χ1n) is 6.14. The zero-order valence-electron chi connectivity index (χ0n) is 10.5. The second-order valence-electron chi connectivity index (χ2n) is 5.06. The maximum absolute atomic E-state index is 11.0. The van der Waals surface area contributed by atoms with Gasteiger partial charge in [-0.3, -0.25) is 4.79 Å². The van der Waals surface area contributed by atoms with Crippen molar-refractivity contribution < 1.29 is 9.90 Å². The maximum Gasteiger partial charge on any atom is 0.323 e. The lowest BCUT2D eigenvalue weighted by Crippen LogP contribution is -2.35. The van der Waals surface area contributed by atoms with Gasteiger partial charge in [-0.1, -0.05) is 11.6 Å². The van der Waals surface area contributed by atoms with Crippen molar-refractivity contribution >= 4 is 23.3 Å². The van der Waals surface area contributed by atoms with Crippen LogP contribution in [0.5, 0.6) is 0 Å². The van der Waals surface area contributed by atoms with E-state index in [1.165, 1.54) is 0 Å². The molecular formula is C14H15ClN2O2. The molecule has 0 unspecified atom stereocenters. The normalized spacial score (nSPS) is 15.6. The minimum Gasteiger partial charge on any atom is -0.480 e. The molecule has 0 radical (unpaired) electrons. The molecule has 0 aromatic heterocycles. The van der Waals surface area contributed by atoms with Crippen molar-refractivity contribution in [3.8, 4) is 6.07 Å². The lowest BCUT2D eigenvalue weighted by Gasteiger charge is -2.27. The van der Waals surface area contributed by atoms with E-state index in [0.29, 0.717) is 18.0 Å². The van der Waals surface area contributed by atoms with Crippen molar-refractivity contribution in [2.45, 2.75) is 19.3 Å². The summed E-state index contributed by atoms with van der Waals surface area (Å²) in [5.74, 6) is -0.872. The van der Waals surface area contributed by atoms with Gasteiger partial charge in [-0.25, -0.2) is 0 Å². The largest absolute Gasteiger partial charge is 0.480 e. The lowest BCUT2D eigenvalue weighted by atomic mass is 10.0. The smallest absolute Gasteiger partial charge is 0.323 e. The molecule has 0 heterocycles. The van der Waals surface area contributed by atoms with E-state index < -0.39 is 5.97 Å². The van der Waals surface area contributed by atoms with Gasteiger partial charge >= 0.3 is 5.97 Å². The summed E-state index contributed by atoms with van der Waals surface area (Å²) in [6.07, 6.45) is 2.46. The summed E-state index contributed by atoms with van der Waals surface area (Å²) >= 11 is 5.84. The second kappa shape index (κ2) is 5.50. The Morgan fingerprint density at radius 1 is 1.42 bits per heavy atom. The molecular weight excluding hydrogens is 264 g/mol. The zero-order chi connectivity index (χ0) is 13.9. The summed E-state index contributed by atoms with van der Waals surface area (Å²) in [7, 11) is 0. The van der Waals surface area contributed by atoms with Gasteiger partial charge in [0.25, 0.3) is 0 Å². The molecule has 19 heavy (non-hydrogen) atoms. The monoisotopic (exact) mass is 278 g/mol. The Balaban J connectivity index is 2.14. The molecule has 0 amide bonds. The fraction of sp³-hybridized carbons (Fsp3) is 0.429. The van der Waals surface area contributed by atoms with Gasteiger partial charge in [-0.15, -0.1) is 0 Å². The molecule has 0 aliphatic heterocycles. The number of halogens is 1. The van der Waals surface area contributed by atoms with Gasteiger partial charge in [0.1, 0.15) is 6.54 Å². The van der Waals surface area contributed by atoms with Gasteiger partial charge < -0.3 is 10.0 Å². The Bertz CT molecular complexity index is 503. The summed E-state index contributed by atoms with van der Waals surface area (Å²) in [6.45, 7) is 0.545. The van der Waals surface area contributed by atoms with Gasteiger partial charge in [-0.05, 0) is 37.1 Å². The first kappa shape index (κ1) is 13.7. The Hall–Kier alpha value is -1.73. The molecule has 1 N–H and O–H groups in total. The number of nitriles is 1. The third-order valence-electron chi connectivity index (χ3n) is 3.46. The highest BCUT2D eigenvalue weighted by Gasteiger charge is 2.44. The number of anilines is 1. The Kier molecular flexibility index (Phi) is 3.96. The Labute approximate surface area is 117 Å². The molecule has 0 spiro atoms. The number of carboxylic acid groups (broad SMARTS) is 1. The van der Waals surface area contributed by atoms with Crippen molar-refractivity contribution in [3.05, 3.63) is 29.3 Å². The summed E-state index contributed by atoms with van der Waals surface area (Å²) in [5.41, 5.74) is 0.806. The first-order chi connectivity index (χ1) is 9.04. The van der Waals surface area contributed by atoms with Crippen molar-refractivity contribution in [1.82, 2.24) is 0 Å². The van der Waals surface area contributed by atoms with Crippen molar-refractivity contribution in [2.24, 2.45) is 5.41 Å². The summed E-state index contributed by atoms with van der Waals surface area (Å²) in [5, 5.41) is 18.5. The van der Waals surface area contributed by atoms with Crippen LogP contribution in [0.25, 0.3) is 0 Å². The van der Waals surface area contributed by atoms with Gasteiger partial charge in [0.05, 0.1) is 6.07 Å². The first-order valence-corrected chi connectivity index (χ1v) is 6.52. The van der Waals surface area contributed by atoms with Crippen LogP contribution in [0.3, 0.4) is 0 Å². The highest BCUT2D eigenvalue weighted by Crippen LogP contribution is 2.49. The SMILES string of the molecule is N#CCC1(CN(CC(=O)O)c2ccc(Cl)cc2)CC1. The average molecular weight is 279 g/mol. The molecule has 4 nitrogen and oxygen atoms in total. The van der Waals surface area contributed by atoms with E-state index in [0.717, 1.165) is 18.5 Å². The van der Waals surface area contributed by atoms with Crippen LogP contribution in [0.2, 0.25) is 5.02 Å². The highest BCUT2D eigenvalue weighted by atomic mass is 35.5. The quantitative estimate of drug-likeness (QED) is 0.869. The summed E-state index contributed by atoms with van der Waals surface area (Å²) in [6, 6.07) is 9.31.